The van der Waals surface area contributed by atoms with Crippen molar-refractivity contribution < 1.29 is 57.2 Å². The third-order valence-electron chi connectivity index (χ3n) is 5.20. The Morgan fingerprint density at radius 1 is 0.825 bits per heavy atom. The van der Waals surface area contributed by atoms with E-state index >= 15 is 0 Å². The number of carbonyl (C=O) groups excluding carboxylic acids is 6. The third kappa shape index (κ3) is 14.2. The molecule has 1 aliphatic heterocycles. The van der Waals surface area contributed by atoms with Crippen LogP contribution in [0.3, 0.4) is 0 Å². The highest BCUT2D eigenvalue weighted by molar-refractivity contribution is 5.76. The van der Waals surface area contributed by atoms with Gasteiger partial charge in [-0.3, -0.25) is 28.8 Å². The van der Waals surface area contributed by atoms with Gasteiger partial charge in [0.15, 0.2) is 18.5 Å². The van der Waals surface area contributed by atoms with Gasteiger partial charge in [-0.2, -0.15) is 0 Å². The van der Waals surface area contributed by atoms with Gasteiger partial charge in [-0.05, 0) is 33.6 Å². The predicted octanol–water partition coefficient (Wildman–Crippen LogP) is 0.677. The Labute approximate surface area is 234 Å². The summed E-state index contributed by atoms with van der Waals surface area (Å²) < 4.78 is 32.7. The van der Waals surface area contributed by atoms with Crippen LogP contribution in [0.2, 0.25) is 0 Å². The minimum atomic E-state index is -1.22. The molecule has 1 rings (SSSR count). The zero-order chi connectivity index (χ0) is 30.5. The minimum Gasteiger partial charge on any atom is -0.463 e. The Kier molecular flexibility index (Phi) is 14.6. The summed E-state index contributed by atoms with van der Waals surface area (Å²) >= 11 is 0. The fourth-order valence-electron chi connectivity index (χ4n) is 3.81. The van der Waals surface area contributed by atoms with Crippen molar-refractivity contribution in [1.29, 1.82) is 0 Å². The molecule has 0 radical (unpaired) electrons. The number of carbonyl (C=O) groups is 6. The summed E-state index contributed by atoms with van der Waals surface area (Å²) in [5, 5.41) is 5.32. The molecule has 228 valence electrons. The highest BCUT2D eigenvalue weighted by Gasteiger charge is 2.51. The molecule has 0 bridgehead atoms. The van der Waals surface area contributed by atoms with Gasteiger partial charge in [0.05, 0.1) is 6.61 Å². The zero-order valence-corrected chi connectivity index (χ0v) is 24.2. The molecule has 40 heavy (non-hydrogen) atoms. The average molecular weight is 575 g/mol. The first-order valence-electron chi connectivity index (χ1n) is 13.1. The summed E-state index contributed by atoms with van der Waals surface area (Å²) in [5.74, 6) is -3.13. The van der Waals surface area contributed by atoms with Crippen molar-refractivity contribution in [3.8, 4) is 0 Å². The molecule has 0 aromatic heterocycles. The largest absolute Gasteiger partial charge is 0.463 e. The maximum Gasteiger partial charge on any atom is 0.306 e. The van der Waals surface area contributed by atoms with E-state index in [9.17, 15) is 28.8 Å². The van der Waals surface area contributed by atoms with Gasteiger partial charge in [-0.1, -0.05) is 0 Å². The van der Waals surface area contributed by atoms with E-state index in [1.54, 1.807) is 20.8 Å². The van der Waals surface area contributed by atoms with Crippen molar-refractivity contribution in [1.82, 2.24) is 10.6 Å². The van der Waals surface area contributed by atoms with Crippen molar-refractivity contribution in [2.75, 3.05) is 19.8 Å². The highest BCUT2D eigenvalue weighted by Crippen LogP contribution is 2.28. The lowest BCUT2D eigenvalue weighted by molar-refractivity contribution is -0.277. The van der Waals surface area contributed by atoms with Crippen LogP contribution in [0.25, 0.3) is 0 Å². The Morgan fingerprint density at radius 3 is 2.00 bits per heavy atom. The van der Waals surface area contributed by atoms with Crippen LogP contribution in [0, 0.1) is 0 Å². The second kappa shape index (κ2) is 16.8. The number of esters is 4. The van der Waals surface area contributed by atoms with Crippen LogP contribution >= 0.6 is 0 Å². The maximum absolute atomic E-state index is 12.2. The van der Waals surface area contributed by atoms with E-state index < -0.39 is 60.1 Å². The van der Waals surface area contributed by atoms with Gasteiger partial charge in [-0.25, -0.2) is 0 Å². The van der Waals surface area contributed by atoms with Gasteiger partial charge < -0.3 is 39.1 Å². The smallest absolute Gasteiger partial charge is 0.306 e. The fourth-order valence-corrected chi connectivity index (χ4v) is 3.81. The van der Waals surface area contributed by atoms with Crippen LogP contribution in [0.5, 0.6) is 0 Å². The molecular formula is C26H42N2O12. The number of ether oxygens (including phenoxy) is 6. The molecule has 14 nitrogen and oxygen atoms in total. The van der Waals surface area contributed by atoms with E-state index in [4.69, 9.17) is 28.4 Å². The molecule has 5 atom stereocenters. The lowest BCUT2D eigenvalue weighted by Crippen LogP contribution is -2.66. The lowest BCUT2D eigenvalue weighted by atomic mass is 9.96. The van der Waals surface area contributed by atoms with Gasteiger partial charge in [0.1, 0.15) is 24.4 Å². The Bertz CT molecular complexity index is 901. The molecule has 2 N–H and O–H groups in total. The van der Waals surface area contributed by atoms with Crippen LogP contribution in [-0.2, 0) is 57.2 Å². The van der Waals surface area contributed by atoms with Crippen molar-refractivity contribution >= 4 is 35.7 Å². The summed E-state index contributed by atoms with van der Waals surface area (Å²) in [6.45, 7) is 10.0. The molecular weight excluding hydrogens is 532 g/mol. The average Bonchev–Trinajstić information content (AvgIpc) is 2.79. The summed E-state index contributed by atoms with van der Waals surface area (Å²) in [7, 11) is 0. The number of hydrogen-bond acceptors (Lipinski definition) is 12. The van der Waals surface area contributed by atoms with Gasteiger partial charge in [-0.15, -0.1) is 0 Å². The standard InChI is InChI=1S/C26H42N2O12/c1-15(29)28-22-24(38-18(4)32)23(37-17(3)31)19(14-36-16(2)30)39-25(22)35-13-9-10-20(33)27-12-8-11-21(34)40-26(5,6)7/h19,22-25H,8-14H2,1-7H3,(H,27,33)(H,28,29)/t19?,22?,23-,24+,25+/m0/s1. The molecule has 2 amide bonds. The minimum absolute atomic E-state index is 0.0113. The molecule has 1 aliphatic rings. The van der Waals surface area contributed by atoms with E-state index in [1.165, 1.54) is 13.8 Å². The Morgan fingerprint density at radius 2 is 1.45 bits per heavy atom. The van der Waals surface area contributed by atoms with Crippen LogP contribution in [0.1, 0.15) is 74.1 Å². The molecule has 14 heteroatoms. The lowest BCUT2D eigenvalue weighted by Gasteiger charge is -2.44. The molecule has 2 unspecified atom stereocenters. The molecule has 0 aromatic carbocycles. The summed E-state index contributed by atoms with van der Waals surface area (Å²) in [5.41, 5.74) is -0.568. The molecule has 0 aromatic rings. The van der Waals surface area contributed by atoms with E-state index in [0.717, 1.165) is 13.8 Å². The van der Waals surface area contributed by atoms with Gasteiger partial charge in [0.2, 0.25) is 11.8 Å². The molecule has 1 fully saturated rings. The van der Waals surface area contributed by atoms with E-state index in [-0.39, 0.29) is 44.4 Å². The van der Waals surface area contributed by atoms with Crippen molar-refractivity contribution in [3.05, 3.63) is 0 Å². The number of amides is 2. The number of hydrogen-bond donors (Lipinski definition) is 2. The molecule has 1 saturated heterocycles. The molecule has 0 aliphatic carbocycles. The van der Waals surface area contributed by atoms with Gasteiger partial charge in [0.25, 0.3) is 0 Å². The number of rotatable bonds is 14. The van der Waals surface area contributed by atoms with Crippen LogP contribution in [-0.4, -0.2) is 91.7 Å². The Hall–Kier alpha value is -3.26. The molecule has 1 heterocycles. The monoisotopic (exact) mass is 574 g/mol. The topological polar surface area (TPSA) is 182 Å². The molecule has 0 spiro atoms. The third-order valence-corrected chi connectivity index (χ3v) is 5.20. The summed E-state index contributed by atoms with van der Waals surface area (Å²) in [6, 6.07) is -1.08. The van der Waals surface area contributed by atoms with E-state index in [1.807, 2.05) is 0 Å². The molecule has 0 saturated carbocycles. The first-order valence-corrected chi connectivity index (χ1v) is 13.1. The van der Waals surface area contributed by atoms with Crippen molar-refractivity contribution in [3.63, 3.8) is 0 Å². The second-order valence-electron chi connectivity index (χ2n) is 10.2. The van der Waals surface area contributed by atoms with Crippen LogP contribution in [0.15, 0.2) is 0 Å². The van der Waals surface area contributed by atoms with Crippen molar-refractivity contribution in [2.24, 2.45) is 0 Å². The van der Waals surface area contributed by atoms with Gasteiger partial charge >= 0.3 is 23.9 Å². The van der Waals surface area contributed by atoms with Crippen LogP contribution < -0.4 is 10.6 Å². The first-order chi connectivity index (χ1) is 18.6. The van der Waals surface area contributed by atoms with Crippen LogP contribution in [0.4, 0.5) is 0 Å². The van der Waals surface area contributed by atoms with E-state index in [0.29, 0.717) is 13.0 Å². The second-order valence-corrected chi connectivity index (χ2v) is 10.2. The van der Waals surface area contributed by atoms with Gasteiger partial charge in [0, 0.05) is 47.1 Å². The Balaban J connectivity index is 2.78. The van der Waals surface area contributed by atoms with Crippen molar-refractivity contribution in [2.45, 2.75) is 110 Å². The number of nitrogens with one attached hydrogen (secondary N) is 2. The maximum atomic E-state index is 12.2. The van der Waals surface area contributed by atoms with E-state index in [2.05, 4.69) is 10.6 Å². The predicted molar refractivity (Wildman–Crippen MR) is 137 cm³/mol. The fraction of sp³-hybridized carbons (Fsp3) is 0.769. The SMILES string of the molecule is CC(=O)NC1[C@H](OCCCC(=O)NCCCC(=O)OC(C)(C)C)OC(COC(C)=O)[C@H](OC(C)=O)[C@@H]1OC(C)=O. The quantitative estimate of drug-likeness (QED) is 0.168. The normalized spacial score (nSPS) is 22.4. The zero-order valence-electron chi connectivity index (χ0n) is 24.2. The summed E-state index contributed by atoms with van der Waals surface area (Å²) in [4.78, 5) is 70.9. The highest BCUT2D eigenvalue weighted by atomic mass is 16.7. The summed E-state index contributed by atoms with van der Waals surface area (Å²) in [6.07, 6.45) is -3.75. The first kappa shape index (κ1) is 34.8.